The molecule has 32 heavy (non-hydrogen) atoms. The summed E-state index contributed by atoms with van der Waals surface area (Å²) >= 11 is 0. The maximum Gasteiger partial charge on any atom is 0.126 e. The molecule has 0 aliphatic carbocycles. The van der Waals surface area contributed by atoms with Gasteiger partial charge in [-0.3, -0.25) is 0 Å². The summed E-state index contributed by atoms with van der Waals surface area (Å²) in [5, 5.41) is 0. The van der Waals surface area contributed by atoms with Gasteiger partial charge in [0.1, 0.15) is 5.75 Å². The van der Waals surface area contributed by atoms with Gasteiger partial charge in [-0.1, -0.05) is 71.8 Å². The first-order chi connectivity index (χ1) is 15.5. The van der Waals surface area contributed by atoms with Crippen LogP contribution in [-0.4, -0.2) is 7.11 Å². The second-order valence-corrected chi connectivity index (χ2v) is 8.18. The van der Waals surface area contributed by atoms with Crippen LogP contribution in [0.2, 0.25) is 0 Å². The second kappa shape index (κ2) is 9.57. The molecule has 0 aliphatic heterocycles. The third kappa shape index (κ3) is 4.92. The molecule has 0 atom stereocenters. The maximum absolute atomic E-state index is 5.52. The zero-order valence-electron chi connectivity index (χ0n) is 19.2. The highest BCUT2D eigenvalue weighted by Gasteiger charge is 2.12. The number of methoxy groups -OCH3 is 1. The van der Waals surface area contributed by atoms with Gasteiger partial charge in [-0.25, -0.2) is 0 Å². The van der Waals surface area contributed by atoms with Crippen molar-refractivity contribution in [2.45, 2.75) is 20.8 Å². The van der Waals surface area contributed by atoms with Gasteiger partial charge in [-0.05, 0) is 74.4 Å². The summed E-state index contributed by atoms with van der Waals surface area (Å²) in [5.41, 5.74) is 9.33. The van der Waals surface area contributed by atoms with E-state index in [1.54, 1.807) is 7.11 Å². The quantitative estimate of drug-likeness (QED) is 0.292. The SMILES string of the molecule is COc1cc(C)ccc1C=Cc1ccc(N(c2ccc(C)cc2)c2ccc(C)cc2)cc1. The van der Waals surface area contributed by atoms with Crippen LogP contribution in [0.25, 0.3) is 12.2 Å². The number of nitrogens with zero attached hydrogens (tertiary/aromatic N) is 1. The topological polar surface area (TPSA) is 12.5 Å². The van der Waals surface area contributed by atoms with Gasteiger partial charge in [0.2, 0.25) is 0 Å². The van der Waals surface area contributed by atoms with Crippen LogP contribution < -0.4 is 9.64 Å². The van der Waals surface area contributed by atoms with Crippen LogP contribution in [0.1, 0.15) is 27.8 Å². The number of rotatable bonds is 6. The van der Waals surface area contributed by atoms with E-state index in [-0.39, 0.29) is 0 Å². The van der Waals surface area contributed by atoms with Crippen molar-refractivity contribution in [3.05, 3.63) is 119 Å². The first kappa shape index (κ1) is 21.5. The predicted molar refractivity (Wildman–Crippen MR) is 137 cm³/mol. The van der Waals surface area contributed by atoms with E-state index in [4.69, 9.17) is 4.74 Å². The van der Waals surface area contributed by atoms with E-state index >= 15 is 0 Å². The lowest BCUT2D eigenvalue weighted by atomic mass is 10.1. The fourth-order valence-electron chi connectivity index (χ4n) is 3.71. The number of benzene rings is 4. The maximum atomic E-state index is 5.52. The van der Waals surface area contributed by atoms with Crippen molar-refractivity contribution >= 4 is 29.2 Å². The number of hydrogen-bond acceptors (Lipinski definition) is 2. The van der Waals surface area contributed by atoms with E-state index in [1.165, 1.54) is 16.7 Å². The van der Waals surface area contributed by atoms with Crippen molar-refractivity contribution in [1.29, 1.82) is 0 Å². The zero-order valence-corrected chi connectivity index (χ0v) is 19.2. The minimum absolute atomic E-state index is 0.891. The molecule has 0 saturated carbocycles. The van der Waals surface area contributed by atoms with E-state index in [0.29, 0.717) is 0 Å². The Labute approximate surface area is 191 Å². The van der Waals surface area contributed by atoms with E-state index < -0.39 is 0 Å². The Morgan fingerprint density at radius 3 is 1.53 bits per heavy atom. The Balaban J connectivity index is 1.65. The summed E-state index contributed by atoms with van der Waals surface area (Å²) in [4.78, 5) is 2.29. The molecule has 4 aromatic carbocycles. The van der Waals surface area contributed by atoms with Crippen molar-refractivity contribution in [3.8, 4) is 5.75 Å². The standard InChI is InChI=1S/C30H29NO/c1-22-6-15-27(16-7-22)31(28-17-8-23(2)9-18-28)29-19-11-25(12-20-29)10-14-26-13-5-24(3)21-30(26)32-4/h5-21H,1-4H3. The zero-order chi connectivity index (χ0) is 22.5. The molecule has 0 saturated heterocycles. The molecule has 0 amide bonds. The molecule has 0 fully saturated rings. The first-order valence-electron chi connectivity index (χ1n) is 10.9. The highest BCUT2D eigenvalue weighted by Crippen LogP contribution is 2.35. The van der Waals surface area contributed by atoms with Gasteiger partial charge in [0.25, 0.3) is 0 Å². The molecule has 0 heterocycles. The Bertz CT molecular complexity index is 1160. The molecule has 0 spiro atoms. The Hall–Kier alpha value is -3.78. The largest absolute Gasteiger partial charge is 0.496 e. The summed E-state index contributed by atoms with van der Waals surface area (Å²) in [6.07, 6.45) is 4.23. The summed E-state index contributed by atoms with van der Waals surface area (Å²) in [6.45, 7) is 6.30. The molecule has 0 radical (unpaired) electrons. The molecule has 0 N–H and O–H groups in total. The fourth-order valence-corrected chi connectivity index (χ4v) is 3.71. The van der Waals surface area contributed by atoms with Gasteiger partial charge in [0, 0.05) is 22.6 Å². The Kier molecular flexibility index (Phi) is 6.42. The summed E-state index contributed by atoms with van der Waals surface area (Å²) < 4.78 is 5.52. The van der Waals surface area contributed by atoms with E-state index in [9.17, 15) is 0 Å². The lowest BCUT2D eigenvalue weighted by molar-refractivity contribution is 0.413. The van der Waals surface area contributed by atoms with Crippen LogP contribution in [0, 0.1) is 20.8 Å². The molecule has 4 rings (SSSR count). The lowest BCUT2D eigenvalue weighted by Gasteiger charge is -2.25. The number of anilines is 3. The van der Waals surface area contributed by atoms with Crippen LogP contribution >= 0.6 is 0 Å². The van der Waals surface area contributed by atoms with E-state index in [0.717, 1.165) is 33.9 Å². The minimum Gasteiger partial charge on any atom is -0.496 e. The number of aryl methyl sites for hydroxylation is 3. The lowest BCUT2D eigenvalue weighted by Crippen LogP contribution is -2.09. The molecule has 0 aromatic heterocycles. The molecular weight excluding hydrogens is 390 g/mol. The smallest absolute Gasteiger partial charge is 0.126 e. The van der Waals surface area contributed by atoms with Crippen LogP contribution in [0.5, 0.6) is 5.75 Å². The van der Waals surface area contributed by atoms with Gasteiger partial charge < -0.3 is 9.64 Å². The van der Waals surface area contributed by atoms with Gasteiger partial charge in [-0.15, -0.1) is 0 Å². The highest BCUT2D eigenvalue weighted by atomic mass is 16.5. The first-order valence-corrected chi connectivity index (χ1v) is 10.9. The minimum atomic E-state index is 0.891. The monoisotopic (exact) mass is 419 g/mol. The van der Waals surface area contributed by atoms with Crippen LogP contribution in [0.4, 0.5) is 17.1 Å². The molecule has 2 nitrogen and oxygen atoms in total. The van der Waals surface area contributed by atoms with Gasteiger partial charge in [0.05, 0.1) is 7.11 Å². The number of ether oxygens (including phenoxy) is 1. The molecule has 0 unspecified atom stereocenters. The summed E-state index contributed by atoms with van der Waals surface area (Å²) in [7, 11) is 1.71. The molecule has 0 aliphatic rings. The molecule has 2 heteroatoms. The Morgan fingerprint density at radius 2 is 1.03 bits per heavy atom. The third-order valence-corrected chi connectivity index (χ3v) is 5.58. The molecule has 4 aromatic rings. The summed E-state index contributed by atoms with van der Waals surface area (Å²) in [5.74, 6) is 0.891. The number of hydrogen-bond donors (Lipinski definition) is 0. The van der Waals surface area contributed by atoms with Gasteiger partial charge in [0.15, 0.2) is 0 Å². The highest BCUT2D eigenvalue weighted by molar-refractivity contribution is 5.78. The van der Waals surface area contributed by atoms with Crippen LogP contribution in [-0.2, 0) is 0 Å². The Morgan fingerprint density at radius 1 is 0.562 bits per heavy atom. The normalized spacial score (nSPS) is 11.0. The predicted octanol–water partition coefficient (Wildman–Crippen LogP) is 8.26. The van der Waals surface area contributed by atoms with Crippen molar-refractivity contribution in [2.75, 3.05) is 12.0 Å². The summed E-state index contributed by atoms with van der Waals surface area (Å²) in [6, 6.07) is 32.2. The van der Waals surface area contributed by atoms with E-state index in [2.05, 4.69) is 129 Å². The van der Waals surface area contributed by atoms with Crippen molar-refractivity contribution in [1.82, 2.24) is 0 Å². The van der Waals surface area contributed by atoms with Gasteiger partial charge >= 0.3 is 0 Å². The third-order valence-electron chi connectivity index (χ3n) is 5.58. The van der Waals surface area contributed by atoms with Crippen molar-refractivity contribution < 1.29 is 4.74 Å². The van der Waals surface area contributed by atoms with Crippen molar-refractivity contribution in [2.24, 2.45) is 0 Å². The molecular formula is C30H29NO. The molecule has 160 valence electrons. The van der Waals surface area contributed by atoms with Crippen LogP contribution in [0.3, 0.4) is 0 Å². The van der Waals surface area contributed by atoms with Crippen LogP contribution in [0.15, 0.2) is 91.0 Å². The van der Waals surface area contributed by atoms with Crippen molar-refractivity contribution in [3.63, 3.8) is 0 Å². The average molecular weight is 420 g/mol. The van der Waals surface area contributed by atoms with Gasteiger partial charge in [-0.2, -0.15) is 0 Å². The fraction of sp³-hybridized carbons (Fsp3) is 0.133. The second-order valence-electron chi connectivity index (χ2n) is 8.18. The van der Waals surface area contributed by atoms with E-state index in [1.807, 2.05) is 0 Å². The molecule has 0 bridgehead atoms. The average Bonchev–Trinajstić information content (AvgIpc) is 2.81.